The Labute approximate surface area is 137 Å². The SMILES string of the molecule is COC(=O)C1=C(C)NC2=C(C(=O)NC2)C1c1cccc([N+](=O)[O-])c1. The second-order valence-corrected chi connectivity index (χ2v) is 5.52. The number of amides is 1. The van der Waals surface area contributed by atoms with Gasteiger partial charge in [0.05, 0.1) is 35.6 Å². The van der Waals surface area contributed by atoms with Gasteiger partial charge in [0, 0.05) is 23.5 Å². The first kappa shape index (κ1) is 15.7. The highest BCUT2D eigenvalue weighted by Crippen LogP contribution is 2.40. The largest absolute Gasteiger partial charge is 0.466 e. The highest BCUT2D eigenvalue weighted by Gasteiger charge is 2.40. The van der Waals surface area contributed by atoms with Gasteiger partial charge in [-0.2, -0.15) is 0 Å². The first-order chi connectivity index (χ1) is 11.4. The van der Waals surface area contributed by atoms with Crippen LogP contribution in [-0.2, 0) is 14.3 Å². The van der Waals surface area contributed by atoms with Crippen LogP contribution in [0.1, 0.15) is 18.4 Å². The maximum atomic E-state index is 12.3. The topological polar surface area (TPSA) is 111 Å². The summed E-state index contributed by atoms with van der Waals surface area (Å²) in [6.45, 7) is 2.04. The number of non-ortho nitro benzene ring substituents is 1. The molecule has 0 fully saturated rings. The van der Waals surface area contributed by atoms with Crippen molar-refractivity contribution in [3.8, 4) is 0 Å². The molecule has 3 rings (SSSR count). The fourth-order valence-electron chi connectivity index (χ4n) is 3.10. The fourth-order valence-corrected chi connectivity index (χ4v) is 3.10. The minimum absolute atomic E-state index is 0.103. The zero-order chi connectivity index (χ0) is 17.4. The summed E-state index contributed by atoms with van der Waals surface area (Å²) in [4.78, 5) is 35.1. The van der Waals surface area contributed by atoms with Crippen LogP contribution in [-0.4, -0.2) is 30.5 Å². The highest BCUT2D eigenvalue weighted by molar-refractivity contribution is 6.04. The van der Waals surface area contributed by atoms with E-state index < -0.39 is 16.8 Å². The number of dihydropyridines is 1. The molecule has 0 saturated heterocycles. The van der Waals surface area contributed by atoms with E-state index in [-0.39, 0.29) is 17.2 Å². The van der Waals surface area contributed by atoms with E-state index in [2.05, 4.69) is 10.6 Å². The summed E-state index contributed by atoms with van der Waals surface area (Å²) in [5.41, 5.74) is 2.29. The third kappa shape index (κ3) is 2.41. The third-order valence-corrected chi connectivity index (χ3v) is 4.13. The number of rotatable bonds is 3. The molecular weight excluding hydrogens is 314 g/mol. The second kappa shape index (κ2) is 5.80. The van der Waals surface area contributed by atoms with Crippen molar-refractivity contribution in [2.75, 3.05) is 13.7 Å². The molecule has 1 aromatic rings. The lowest BCUT2D eigenvalue weighted by Gasteiger charge is -2.27. The Morgan fingerprint density at radius 2 is 2.17 bits per heavy atom. The number of nitro benzene ring substituents is 1. The standard InChI is InChI=1S/C16H15N3O5/c1-8-12(16(21)24-2)13(14-11(18-8)7-17-15(14)20)9-4-3-5-10(6-9)19(22)23/h3-6,13,18H,7H2,1-2H3,(H,17,20). The van der Waals surface area contributed by atoms with Crippen LogP contribution in [0.3, 0.4) is 0 Å². The molecule has 2 heterocycles. The minimum atomic E-state index is -0.712. The van der Waals surface area contributed by atoms with Crippen molar-refractivity contribution in [2.24, 2.45) is 0 Å². The fraction of sp³-hybridized carbons (Fsp3) is 0.250. The van der Waals surface area contributed by atoms with Crippen molar-refractivity contribution in [2.45, 2.75) is 12.8 Å². The summed E-state index contributed by atoms with van der Waals surface area (Å²) in [5, 5.41) is 16.8. The second-order valence-electron chi connectivity index (χ2n) is 5.52. The Morgan fingerprint density at radius 3 is 2.83 bits per heavy atom. The molecule has 0 bridgehead atoms. The van der Waals surface area contributed by atoms with Gasteiger partial charge in [0.2, 0.25) is 5.91 Å². The van der Waals surface area contributed by atoms with E-state index in [0.717, 1.165) is 0 Å². The molecule has 2 aliphatic rings. The zero-order valence-corrected chi connectivity index (χ0v) is 13.1. The molecule has 0 radical (unpaired) electrons. The van der Waals surface area contributed by atoms with E-state index in [1.54, 1.807) is 13.0 Å². The van der Waals surface area contributed by atoms with E-state index >= 15 is 0 Å². The van der Waals surface area contributed by atoms with Crippen LogP contribution in [0.5, 0.6) is 0 Å². The van der Waals surface area contributed by atoms with E-state index in [1.165, 1.54) is 25.3 Å². The van der Waals surface area contributed by atoms with Gasteiger partial charge in [-0.1, -0.05) is 12.1 Å². The predicted molar refractivity (Wildman–Crippen MR) is 83.7 cm³/mol. The molecule has 24 heavy (non-hydrogen) atoms. The normalized spacial score (nSPS) is 19.6. The summed E-state index contributed by atoms with van der Waals surface area (Å²) < 4.78 is 4.85. The molecule has 0 saturated carbocycles. The van der Waals surface area contributed by atoms with E-state index in [0.29, 0.717) is 29.1 Å². The lowest BCUT2D eigenvalue weighted by molar-refractivity contribution is -0.384. The number of carbonyl (C=O) groups excluding carboxylic acids is 2. The Morgan fingerprint density at radius 1 is 1.42 bits per heavy atom. The molecule has 1 atom stereocenters. The van der Waals surface area contributed by atoms with Crippen molar-refractivity contribution in [1.82, 2.24) is 10.6 Å². The molecule has 124 valence electrons. The van der Waals surface area contributed by atoms with Crippen molar-refractivity contribution >= 4 is 17.6 Å². The van der Waals surface area contributed by atoms with Gasteiger partial charge in [-0.25, -0.2) is 4.79 Å². The van der Waals surface area contributed by atoms with Crippen molar-refractivity contribution in [3.63, 3.8) is 0 Å². The van der Waals surface area contributed by atoms with Crippen LogP contribution in [0.4, 0.5) is 5.69 Å². The Balaban J connectivity index is 2.19. The van der Waals surface area contributed by atoms with Gasteiger partial charge in [-0.15, -0.1) is 0 Å². The lowest BCUT2D eigenvalue weighted by atomic mass is 9.80. The Kier molecular flexibility index (Phi) is 3.80. The summed E-state index contributed by atoms with van der Waals surface area (Å²) in [5.74, 6) is -1.60. The van der Waals surface area contributed by atoms with Crippen LogP contribution < -0.4 is 10.6 Å². The molecule has 0 aromatic heterocycles. The molecule has 2 N–H and O–H groups in total. The lowest BCUT2D eigenvalue weighted by Crippen LogP contribution is -2.30. The Hall–Kier alpha value is -3.16. The number of allylic oxidation sites excluding steroid dienone is 1. The summed E-state index contributed by atoms with van der Waals surface area (Å²) in [7, 11) is 1.26. The molecule has 1 amide bonds. The number of nitrogens with zero attached hydrogens (tertiary/aromatic N) is 1. The van der Waals surface area contributed by atoms with Crippen LogP contribution in [0.25, 0.3) is 0 Å². The number of hydrogen-bond donors (Lipinski definition) is 2. The molecule has 0 aliphatic carbocycles. The molecule has 8 heteroatoms. The van der Waals surface area contributed by atoms with Gasteiger partial charge in [0.1, 0.15) is 0 Å². The summed E-state index contributed by atoms with van der Waals surface area (Å²) >= 11 is 0. The third-order valence-electron chi connectivity index (χ3n) is 4.13. The van der Waals surface area contributed by atoms with Crippen molar-refractivity contribution < 1.29 is 19.2 Å². The first-order valence-electron chi connectivity index (χ1n) is 7.25. The number of methoxy groups -OCH3 is 1. The van der Waals surface area contributed by atoms with E-state index in [4.69, 9.17) is 4.74 Å². The smallest absolute Gasteiger partial charge is 0.336 e. The van der Waals surface area contributed by atoms with Gasteiger partial charge >= 0.3 is 5.97 Å². The molecule has 0 spiro atoms. The minimum Gasteiger partial charge on any atom is -0.466 e. The molecule has 2 aliphatic heterocycles. The van der Waals surface area contributed by atoms with Crippen LogP contribution in [0, 0.1) is 10.1 Å². The van der Waals surface area contributed by atoms with Crippen molar-refractivity contribution in [1.29, 1.82) is 0 Å². The number of nitro groups is 1. The average molecular weight is 329 g/mol. The number of esters is 1. The number of nitrogens with one attached hydrogen (secondary N) is 2. The number of hydrogen-bond acceptors (Lipinski definition) is 6. The van der Waals surface area contributed by atoms with E-state index in [1.807, 2.05) is 0 Å². The van der Waals surface area contributed by atoms with Gasteiger partial charge < -0.3 is 15.4 Å². The van der Waals surface area contributed by atoms with Gasteiger partial charge in [0.15, 0.2) is 0 Å². The van der Waals surface area contributed by atoms with Gasteiger partial charge in [0.25, 0.3) is 5.69 Å². The molecule has 1 unspecified atom stereocenters. The maximum absolute atomic E-state index is 12.3. The average Bonchev–Trinajstić information content (AvgIpc) is 2.93. The van der Waals surface area contributed by atoms with Crippen LogP contribution >= 0.6 is 0 Å². The van der Waals surface area contributed by atoms with Crippen LogP contribution in [0.15, 0.2) is 46.8 Å². The predicted octanol–water partition coefficient (Wildman–Crippen LogP) is 1.11. The molecular formula is C16H15N3O5. The first-order valence-corrected chi connectivity index (χ1v) is 7.25. The highest BCUT2D eigenvalue weighted by atomic mass is 16.6. The number of carbonyl (C=O) groups is 2. The zero-order valence-electron chi connectivity index (χ0n) is 13.1. The molecule has 8 nitrogen and oxygen atoms in total. The quantitative estimate of drug-likeness (QED) is 0.488. The number of ether oxygens (including phenoxy) is 1. The number of benzene rings is 1. The van der Waals surface area contributed by atoms with Crippen molar-refractivity contribution in [3.05, 3.63) is 62.5 Å². The van der Waals surface area contributed by atoms with Gasteiger partial charge in [-0.05, 0) is 12.5 Å². The Bertz CT molecular complexity index is 825. The summed E-state index contributed by atoms with van der Waals surface area (Å²) in [6.07, 6.45) is 0. The van der Waals surface area contributed by atoms with Gasteiger partial charge in [-0.3, -0.25) is 14.9 Å². The molecule has 1 aromatic carbocycles. The van der Waals surface area contributed by atoms with Crippen LogP contribution in [0.2, 0.25) is 0 Å². The van der Waals surface area contributed by atoms with E-state index in [9.17, 15) is 19.7 Å². The monoisotopic (exact) mass is 329 g/mol. The summed E-state index contributed by atoms with van der Waals surface area (Å²) in [6, 6.07) is 5.94. The maximum Gasteiger partial charge on any atom is 0.336 e.